The number of fused-ring (bicyclic) bond motifs is 7. The van der Waals surface area contributed by atoms with E-state index < -0.39 is 0 Å². The number of rotatable bonds is 6. The zero-order valence-electron chi connectivity index (χ0n) is 19.3. The van der Waals surface area contributed by atoms with Gasteiger partial charge >= 0.3 is 11.9 Å². The number of esters is 2. The van der Waals surface area contributed by atoms with Gasteiger partial charge in [0.15, 0.2) is 0 Å². The molecule has 0 amide bonds. The predicted molar refractivity (Wildman–Crippen MR) is 114 cm³/mol. The molecule has 0 radical (unpaired) electrons. The third-order valence-corrected chi connectivity index (χ3v) is 10.6. The topological polar surface area (TPSA) is 52.6 Å². The van der Waals surface area contributed by atoms with E-state index in [0.717, 1.165) is 48.9 Å². The summed E-state index contributed by atoms with van der Waals surface area (Å²) in [5.41, 5.74) is -0.259. The number of hydrogen-bond donors (Lipinski definition) is 0. The summed E-state index contributed by atoms with van der Waals surface area (Å²) in [4.78, 5) is 25.1. The van der Waals surface area contributed by atoms with Crippen molar-refractivity contribution in [3.8, 4) is 0 Å². The van der Waals surface area contributed by atoms with Gasteiger partial charge < -0.3 is 9.47 Å². The highest BCUT2D eigenvalue weighted by Gasteiger charge is 2.62. The SMILES string of the molecule is CCC1(OC(=O)CC(OC(C)=O)C2CC3CC2C(C)C3C)CC2CC1C1CCCC21. The average Bonchev–Trinajstić information content (AvgIpc) is 3.47. The number of ether oxygens (including phenoxy) is 2. The van der Waals surface area contributed by atoms with E-state index in [1.54, 1.807) is 0 Å². The molecule has 168 valence electrons. The van der Waals surface area contributed by atoms with Gasteiger partial charge in [-0.1, -0.05) is 27.2 Å². The van der Waals surface area contributed by atoms with Crippen LogP contribution in [0.15, 0.2) is 0 Å². The second-order valence-corrected chi connectivity index (χ2v) is 11.6. The highest BCUT2D eigenvalue weighted by molar-refractivity contribution is 5.72. The number of carbonyl (C=O) groups excluding carboxylic acids is 2. The van der Waals surface area contributed by atoms with Crippen molar-refractivity contribution >= 4 is 11.9 Å². The molecule has 5 aliphatic rings. The zero-order valence-corrected chi connectivity index (χ0v) is 19.3. The Morgan fingerprint density at radius 2 is 1.77 bits per heavy atom. The highest BCUT2D eigenvalue weighted by atomic mass is 16.6. The van der Waals surface area contributed by atoms with E-state index in [0.29, 0.717) is 23.7 Å². The molecule has 4 nitrogen and oxygen atoms in total. The lowest BCUT2D eigenvalue weighted by Crippen LogP contribution is -2.46. The summed E-state index contributed by atoms with van der Waals surface area (Å²) in [6.07, 6.45) is 9.54. The second-order valence-electron chi connectivity index (χ2n) is 11.6. The van der Waals surface area contributed by atoms with E-state index >= 15 is 0 Å². The molecule has 0 N–H and O–H groups in total. The van der Waals surface area contributed by atoms with E-state index in [2.05, 4.69) is 20.8 Å². The van der Waals surface area contributed by atoms with E-state index in [1.807, 2.05) is 0 Å². The van der Waals surface area contributed by atoms with Gasteiger partial charge in [-0.15, -0.1) is 0 Å². The van der Waals surface area contributed by atoms with Crippen LogP contribution in [0.4, 0.5) is 0 Å². The maximum atomic E-state index is 13.2. The van der Waals surface area contributed by atoms with Crippen LogP contribution >= 0.6 is 0 Å². The molecule has 0 aliphatic heterocycles. The molecule has 5 saturated carbocycles. The largest absolute Gasteiger partial charge is 0.462 e. The summed E-state index contributed by atoms with van der Waals surface area (Å²) < 4.78 is 12.1. The molecular formula is C26H40O4. The van der Waals surface area contributed by atoms with Gasteiger partial charge in [-0.25, -0.2) is 0 Å². The first-order valence-electron chi connectivity index (χ1n) is 12.7. The Kier molecular flexibility index (Phi) is 5.22. The van der Waals surface area contributed by atoms with E-state index in [4.69, 9.17) is 9.47 Å². The summed E-state index contributed by atoms with van der Waals surface area (Å²) in [7, 11) is 0. The Morgan fingerprint density at radius 1 is 1.00 bits per heavy atom. The quantitative estimate of drug-likeness (QED) is 0.545. The number of carbonyl (C=O) groups is 2. The van der Waals surface area contributed by atoms with Crippen LogP contribution in [0.2, 0.25) is 0 Å². The van der Waals surface area contributed by atoms with Crippen molar-refractivity contribution in [2.45, 2.75) is 97.2 Å². The molecule has 5 fully saturated rings. The fourth-order valence-corrected chi connectivity index (χ4v) is 9.16. The van der Waals surface area contributed by atoms with Crippen LogP contribution in [0, 0.1) is 53.3 Å². The second kappa shape index (κ2) is 7.52. The van der Waals surface area contributed by atoms with Gasteiger partial charge in [0.1, 0.15) is 11.7 Å². The first-order chi connectivity index (χ1) is 14.3. The lowest BCUT2D eigenvalue weighted by atomic mass is 9.71. The van der Waals surface area contributed by atoms with Crippen molar-refractivity contribution in [2.24, 2.45) is 53.3 Å². The molecular weight excluding hydrogens is 376 g/mol. The molecule has 30 heavy (non-hydrogen) atoms. The van der Waals surface area contributed by atoms with Gasteiger partial charge in [0.25, 0.3) is 0 Å². The molecule has 11 atom stereocenters. The lowest BCUT2D eigenvalue weighted by Gasteiger charge is -2.42. The summed E-state index contributed by atoms with van der Waals surface area (Å²) in [6.45, 7) is 8.36. The highest BCUT2D eigenvalue weighted by Crippen LogP contribution is 2.64. The van der Waals surface area contributed by atoms with Crippen molar-refractivity contribution in [3.63, 3.8) is 0 Å². The average molecular weight is 417 g/mol. The molecule has 0 heterocycles. The van der Waals surface area contributed by atoms with E-state index in [9.17, 15) is 9.59 Å². The van der Waals surface area contributed by atoms with Gasteiger partial charge in [0.05, 0.1) is 6.42 Å². The first kappa shape index (κ1) is 20.8. The molecule has 4 bridgehead atoms. The Hall–Kier alpha value is -1.06. The number of hydrogen-bond acceptors (Lipinski definition) is 4. The minimum absolute atomic E-state index is 0.131. The third-order valence-electron chi connectivity index (χ3n) is 10.6. The van der Waals surface area contributed by atoms with Crippen LogP contribution in [0.25, 0.3) is 0 Å². The summed E-state index contributed by atoms with van der Waals surface area (Å²) in [6, 6.07) is 0. The van der Waals surface area contributed by atoms with Crippen molar-refractivity contribution in [1.29, 1.82) is 0 Å². The van der Waals surface area contributed by atoms with Crippen LogP contribution in [0.5, 0.6) is 0 Å². The predicted octanol–water partition coefficient (Wildman–Crippen LogP) is 5.38. The third kappa shape index (κ3) is 3.14. The minimum atomic E-state index is -0.313. The van der Waals surface area contributed by atoms with Gasteiger partial charge in [0.2, 0.25) is 0 Å². The van der Waals surface area contributed by atoms with Crippen LogP contribution in [0.3, 0.4) is 0 Å². The monoisotopic (exact) mass is 416 g/mol. The molecule has 0 aromatic heterocycles. The summed E-state index contributed by atoms with van der Waals surface area (Å²) in [5, 5.41) is 0. The van der Waals surface area contributed by atoms with Gasteiger partial charge in [-0.3, -0.25) is 9.59 Å². The zero-order chi connectivity index (χ0) is 21.2. The summed E-state index contributed by atoms with van der Waals surface area (Å²) >= 11 is 0. The van der Waals surface area contributed by atoms with Gasteiger partial charge in [-0.2, -0.15) is 0 Å². The van der Waals surface area contributed by atoms with Crippen LogP contribution in [-0.2, 0) is 19.1 Å². The first-order valence-corrected chi connectivity index (χ1v) is 12.7. The minimum Gasteiger partial charge on any atom is -0.462 e. The lowest BCUT2D eigenvalue weighted by molar-refractivity contribution is -0.176. The molecule has 0 spiro atoms. The van der Waals surface area contributed by atoms with Crippen molar-refractivity contribution in [1.82, 2.24) is 0 Å². The van der Waals surface area contributed by atoms with Crippen molar-refractivity contribution in [2.75, 3.05) is 0 Å². The fraction of sp³-hybridized carbons (Fsp3) is 0.923. The Morgan fingerprint density at radius 3 is 2.43 bits per heavy atom. The molecule has 5 rings (SSSR count). The van der Waals surface area contributed by atoms with E-state index in [1.165, 1.54) is 39.0 Å². The Balaban J connectivity index is 1.28. The molecule has 11 unspecified atom stereocenters. The maximum absolute atomic E-state index is 13.2. The summed E-state index contributed by atoms with van der Waals surface area (Å²) in [5.74, 6) is 5.57. The molecule has 4 heteroatoms. The standard InChI is InChI=1S/C26H40O4/c1-5-26(13-18-11-23(26)20-8-6-7-19(18)20)30-25(28)12-24(29-16(4)27)22-10-17-9-21(22)15(3)14(17)2/h14-15,17-24H,5-13H2,1-4H3. The van der Waals surface area contributed by atoms with Crippen LogP contribution < -0.4 is 0 Å². The molecule has 5 aliphatic carbocycles. The van der Waals surface area contributed by atoms with Crippen LogP contribution in [0.1, 0.15) is 85.5 Å². The molecule has 0 aromatic rings. The fourth-order valence-electron chi connectivity index (χ4n) is 9.16. The van der Waals surface area contributed by atoms with Gasteiger partial charge in [0, 0.05) is 12.8 Å². The Labute approximate surface area is 181 Å². The van der Waals surface area contributed by atoms with Gasteiger partial charge in [-0.05, 0) is 92.3 Å². The van der Waals surface area contributed by atoms with Crippen LogP contribution in [-0.4, -0.2) is 23.6 Å². The maximum Gasteiger partial charge on any atom is 0.310 e. The van der Waals surface area contributed by atoms with Crippen molar-refractivity contribution in [3.05, 3.63) is 0 Å². The Bertz CT molecular complexity index is 701. The van der Waals surface area contributed by atoms with E-state index in [-0.39, 0.29) is 30.1 Å². The molecule has 0 saturated heterocycles. The van der Waals surface area contributed by atoms with Crippen molar-refractivity contribution < 1.29 is 19.1 Å². The smallest absolute Gasteiger partial charge is 0.310 e. The molecule has 0 aromatic carbocycles. The normalized spacial score (nSPS) is 49.3.